The lowest BCUT2D eigenvalue weighted by molar-refractivity contribution is -0.165. The molecular weight excluding hydrogens is 270 g/mol. The van der Waals surface area contributed by atoms with Gasteiger partial charge in [0.25, 0.3) is 5.91 Å². The highest BCUT2D eigenvalue weighted by Crippen LogP contribution is 2.32. The first kappa shape index (κ1) is 14.5. The van der Waals surface area contributed by atoms with Gasteiger partial charge in [0.1, 0.15) is 0 Å². The zero-order valence-electron chi connectivity index (χ0n) is 12.7. The van der Waals surface area contributed by atoms with Gasteiger partial charge in [-0.25, -0.2) is 0 Å². The van der Waals surface area contributed by atoms with E-state index in [1.54, 1.807) is 7.11 Å². The standard InChI is InChI=1S/C15H23N3O3/c1-17-10-13(9-16-17)12-3-6-18(11-12)14(19)15(20-2)4-7-21-8-5-15/h9-10,12H,3-8,11H2,1-2H3. The molecule has 1 atom stereocenters. The van der Waals surface area contributed by atoms with Crippen molar-refractivity contribution in [1.82, 2.24) is 14.7 Å². The Kier molecular flexibility index (Phi) is 3.99. The van der Waals surface area contributed by atoms with E-state index in [0.29, 0.717) is 32.0 Å². The molecule has 2 fully saturated rings. The van der Waals surface area contributed by atoms with Crippen LogP contribution in [0.3, 0.4) is 0 Å². The van der Waals surface area contributed by atoms with E-state index in [9.17, 15) is 4.79 Å². The molecule has 1 unspecified atom stereocenters. The SMILES string of the molecule is COC1(C(=O)N2CCC(c3cnn(C)c3)C2)CCOCC1. The van der Waals surface area contributed by atoms with Crippen molar-refractivity contribution in [3.05, 3.63) is 18.0 Å². The Bertz CT molecular complexity index is 508. The van der Waals surface area contributed by atoms with Crippen molar-refractivity contribution >= 4 is 5.91 Å². The largest absolute Gasteiger partial charge is 0.381 e. The minimum Gasteiger partial charge on any atom is -0.381 e. The molecule has 116 valence electrons. The first-order valence-corrected chi connectivity index (χ1v) is 7.55. The van der Waals surface area contributed by atoms with Gasteiger partial charge in [-0.1, -0.05) is 0 Å². The van der Waals surface area contributed by atoms with Crippen LogP contribution in [0.5, 0.6) is 0 Å². The molecule has 0 bridgehead atoms. The first-order chi connectivity index (χ1) is 10.1. The maximum atomic E-state index is 12.9. The van der Waals surface area contributed by atoms with E-state index >= 15 is 0 Å². The van der Waals surface area contributed by atoms with Crippen molar-refractivity contribution in [1.29, 1.82) is 0 Å². The van der Waals surface area contributed by atoms with Crippen molar-refractivity contribution in [2.75, 3.05) is 33.4 Å². The summed E-state index contributed by atoms with van der Waals surface area (Å²) in [6.07, 6.45) is 6.23. The fourth-order valence-corrected chi connectivity index (χ4v) is 3.36. The zero-order chi connectivity index (χ0) is 14.9. The van der Waals surface area contributed by atoms with E-state index in [1.165, 1.54) is 5.56 Å². The Balaban J connectivity index is 1.68. The lowest BCUT2D eigenvalue weighted by atomic mass is 9.92. The first-order valence-electron chi connectivity index (χ1n) is 7.55. The number of hydrogen-bond donors (Lipinski definition) is 0. The number of ether oxygens (including phenoxy) is 2. The summed E-state index contributed by atoms with van der Waals surface area (Å²) in [5, 5.41) is 4.22. The highest BCUT2D eigenvalue weighted by Gasteiger charge is 2.44. The van der Waals surface area contributed by atoms with Crippen LogP contribution in [0.2, 0.25) is 0 Å². The number of aryl methyl sites for hydroxylation is 1. The topological polar surface area (TPSA) is 56.6 Å². The average molecular weight is 293 g/mol. The molecule has 3 heterocycles. The van der Waals surface area contributed by atoms with E-state index in [1.807, 2.05) is 29.0 Å². The van der Waals surface area contributed by atoms with Crippen molar-refractivity contribution < 1.29 is 14.3 Å². The van der Waals surface area contributed by atoms with Crippen LogP contribution in [0.15, 0.2) is 12.4 Å². The second-order valence-corrected chi connectivity index (χ2v) is 5.99. The van der Waals surface area contributed by atoms with Crippen molar-refractivity contribution in [3.8, 4) is 0 Å². The second-order valence-electron chi connectivity index (χ2n) is 5.99. The molecule has 2 saturated heterocycles. The maximum Gasteiger partial charge on any atom is 0.255 e. The highest BCUT2D eigenvalue weighted by molar-refractivity contribution is 5.85. The molecule has 0 radical (unpaired) electrons. The van der Waals surface area contributed by atoms with Gasteiger partial charge < -0.3 is 14.4 Å². The molecule has 0 aromatic carbocycles. The zero-order valence-corrected chi connectivity index (χ0v) is 12.7. The molecule has 1 amide bonds. The summed E-state index contributed by atoms with van der Waals surface area (Å²) in [6.45, 7) is 2.75. The van der Waals surface area contributed by atoms with Gasteiger partial charge in [0.2, 0.25) is 0 Å². The molecule has 6 heteroatoms. The molecule has 0 aliphatic carbocycles. The highest BCUT2D eigenvalue weighted by atomic mass is 16.5. The molecule has 0 saturated carbocycles. The summed E-state index contributed by atoms with van der Waals surface area (Å²) in [5.74, 6) is 0.510. The molecule has 2 aliphatic rings. The molecular formula is C15H23N3O3. The summed E-state index contributed by atoms with van der Waals surface area (Å²) in [5.41, 5.74) is 0.536. The van der Waals surface area contributed by atoms with Gasteiger partial charge in [-0.2, -0.15) is 5.10 Å². The van der Waals surface area contributed by atoms with E-state index < -0.39 is 5.60 Å². The molecule has 3 rings (SSSR count). The van der Waals surface area contributed by atoms with E-state index in [2.05, 4.69) is 5.10 Å². The van der Waals surface area contributed by atoms with Gasteiger partial charge in [-0.05, 0) is 12.0 Å². The monoisotopic (exact) mass is 293 g/mol. The molecule has 0 spiro atoms. The van der Waals surface area contributed by atoms with Gasteiger partial charge >= 0.3 is 0 Å². The third-order valence-electron chi connectivity index (χ3n) is 4.75. The average Bonchev–Trinajstić information content (AvgIpc) is 3.16. The number of carbonyl (C=O) groups excluding carboxylic acids is 1. The van der Waals surface area contributed by atoms with Crippen LogP contribution in [-0.4, -0.2) is 59.6 Å². The van der Waals surface area contributed by atoms with Gasteiger partial charge in [0.15, 0.2) is 5.60 Å². The van der Waals surface area contributed by atoms with Crippen LogP contribution >= 0.6 is 0 Å². The van der Waals surface area contributed by atoms with Gasteiger partial charge in [0, 0.05) is 65.4 Å². The summed E-state index contributed by atoms with van der Waals surface area (Å²) in [7, 11) is 3.56. The maximum absolute atomic E-state index is 12.9. The van der Waals surface area contributed by atoms with Crippen LogP contribution in [-0.2, 0) is 21.3 Å². The summed E-state index contributed by atoms with van der Waals surface area (Å²) < 4.78 is 12.8. The molecule has 1 aromatic rings. The number of carbonyl (C=O) groups is 1. The van der Waals surface area contributed by atoms with E-state index in [4.69, 9.17) is 9.47 Å². The number of aromatic nitrogens is 2. The number of rotatable bonds is 3. The molecule has 2 aliphatic heterocycles. The molecule has 6 nitrogen and oxygen atoms in total. The lowest BCUT2D eigenvalue weighted by Crippen LogP contribution is -2.52. The van der Waals surface area contributed by atoms with Crippen molar-refractivity contribution in [3.63, 3.8) is 0 Å². The Labute approximate surface area is 125 Å². The Hall–Kier alpha value is -1.40. The van der Waals surface area contributed by atoms with Gasteiger partial charge in [-0.3, -0.25) is 9.48 Å². The lowest BCUT2D eigenvalue weighted by Gasteiger charge is -2.37. The third-order valence-corrected chi connectivity index (χ3v) is 4.75. The Morgan fingerprint density at radius 1 is 1.48 bits per heavy atom. The molecule has 1 aromatic heterocycles. The number of likely N-dealkylation sites (tertiary alicyclic amines) is 1. The van der Waals surface area contributed by atoms with Crippen LogP contribution < -0.4 is 0 Å². The van der Waals surface area contributed by atoms with Crippen LogP contribution in [0.1, 0.15) is 30.7 Å². The van der Waals surface area contributed by atoms with Crippen LogP contribution in [0.25, 0.3) is 0 Å². The summed E-state index contributed by atoms with van der Waals surface area (Å²) >= 11 is 0. The molecule has 0 N–H and O–H groups in total. The normalized spacial score (nSPS) is 25.2. The fourth-order valence-electron chi connectivity index (χ4n) is 3.36. The van der Waals surface area contributed by atoms with E-state index in [-0.39, 0.29) is 5.91 Å². The number of amides is 1. The second kappa shape index (κ2) is 5.77. The fraction of sp³-hybridized carbons (Fsp3) is 0.733. The van der Waals surface area contributed by atoms with Crippen LogP contribution in [0, 0.1) is 0 Å². The Morgan fingerprint density at radius 2 is 2.24 bits per heavy atom. The smallest absolute Gasteiger partial charge is 0.255 e. The number of hydrogen-bond acceptors (Lipinski definition) is 4. The summed E-state index contributed by atoms with van der Waals surface area (Å²) in [4.78, 5) is 14.8. The van der Waals surface area contributed by atoms with Crippen molar-refractivity contribution in [2.24, 2.45) is 7.05 Å². The Morgan fingerprint density at radius 3 is 2.86 bits per heavy atom. The summed E-state index contributed by atoms with van der Waals surface area (Å²) in [6, 6.07) is 0. The molecule has 21 heavy (non-hydrogen) atoms. The van der Waals surface area contributed by atoms with Crippen LogP contribution in [0.4, 0.5) is 0 Å². The number of nitrogens with zero attached hydrogens (tertiary/aromatic N) is 3. The minimum atomic E-state index is -0.678. The number of methoxy groups -OCH3 is 1. The third kappa shape index (κ3) is 2.70. The van der Waals surface area contributed by atoms with Crippen molar-refractivity contribution in [2.45, 2.75) is 30.8 Å². The van der Waals surface area contributed by atoms with Gasteiger partial charge in [0.05, 0.1) is 6.20 Å². The minimum absolute atomic E-state index is 0.125. The predicted molar refractivity (Wildman–Crippen MR) is 76.9 cm³/mol. The quantitative estimate of drug-likeness (QED) is 0.832. The van der Waals surface area contributed by atoms with Gasteiger partial charge in [-0.15, -0.1) is 0 Å². The predicted octanol–water partition coefficient (Wildman–Crippen LogP) is 0.932. The van der Waals surface area contributed by atoms with E-state index in [0.717, 1.165) is 19.5 Å².